The molecule has 0 bridgehead atoms. The van der Waals surface area contributed by atoms with E-state index in [0.29, 0.717) is 16.6 Å². The number of rotatable bonds is 1. The molecule has 0 aliphatic rings. The molecule has 1 atom stereocenters. The summed E-state index contributed by atoms with van der Waals surface area (Å²) in [6.45, 7) is 1.64. The van der Waals surface area contributed by atoms with Crippen molar-refractivity contribution in [3.63, 3.8) is 0 Å². The van der Waals surface area contributed by atoms with Crippen molar-refractivity contribution in [3.05, 3.63) is 30.1 Å². The number of hydrogen-bond donors (Lipinski definition) is 2. The van der Waals surface area contributed by atoms with Crippen molar-refractivity contribution in [2.24, 2.45) is 0 Å². The Bertz CT molecular complexity index is 434. The monoisotopic (exact) mass is 178 g/mol. The van der Waals surface area contributed by atoms with Crippen LogP contribution in [0.25, 0.3) is 11.0 Å². The van der Waals surface area contributed by atoms with Crippen LogP contribution in [0.1, 0.15) is 18.6 Å². The summed E-state index contributed by atoms with van der Waals surface area (Å²) in [7, 11) is 0. The Kier molecular flexibility index (Phi) is 1.70. The molecule has 4 nitrogen and oxygen atoms in total. The summed E-state index contributed by atoms with van der Waals surface area (Å²) >= 11 is 0. The first-order valence-corrected chi connectivity index (χ1v) is 4.03. The van der Waals surface area contributed by atoms with Crippen molar-refractivity contribution in [2.75, 3.05) is 0 Å². The van der Waals surface area contributed by atoms with Gasteiger partial charge in [0.05, 0.1) is 17.8 Å². The average Bonchev–Trinajstić information content (AvgIpc) is 2.45. The highest BCUT2D eigenvalue weighted by Crippen LogP contribution is 2.22. The number of hydrogen-bond acceptors (Lipinski definition) is 3. The fourth-order valence-corrected chi connectivity index (χ4v) is 1.37. The Morgan fingerprint density at radius 2 is 2.31 bits per heavy atom. The van der Waals surface area contributed by atoms with Crippen LogP contribution in [-0.4, -0.2) is 20.0 Å². The molecule has 4 heteroatoms. The van der Waals surface area contributed by atoms with Crippen LogP contribution < -0.4 is 0 Å². The van der Waals surface area contributed by atoms with Crippen LogP contribution in [0, 0.1) is 0 Å². The van der Waals surface area contributed by atoms with Gasteiger partial charge in [-0.3, -0.25) is 4.98 Å². The summed E-state index contributed by atoms with van der Waals surface area (Å²) in [5.41, 5.74) is 1.89. The van der Waals surface area contributed by atoms with Gasteiger partial charge in [-0.2, -0.15) is 4.73 Å². The second-order valence-corrected chi connectivity index (χ2v) is 2.98. The van der Waals surface area contributed by atoms with Gasteiger partial charge in [-0.15, -0.1) is 0 Å². The minimum Gasteiger partial charge on any atom is -0.428 e. The van der Waals surface area contributed by atoms with Crippen LogP contribution in [0.5, 0.6) is 0 Å². The highest BCUT2D eigenvalue weighted by atomic mass is 16.5. The molecule has 0 saturated heterocycles. The Hall–Kier alpha value is -1.55. The fourth-order valence-electron chi connectivity index (χ4n) is 1.37. The summed E-state index contributed by atoms with van der Waals surface area (Å²) < 4.78 is 0.977. The fraction of sp³-hybridized carbons (Fsp3) is 0.222. The third kappa shape index (κ3) is 1.15. The molecule has 0 saturated carbocycles. The topological polar surface area (TPSA) is 58.3 Å². The summed E-state index contributed by atoms with van der Waals surface area (Å²) in [5, 5.41) is 18.8. The summed E-state index contributed by atoms with van der Waals surface area (Å²) in [5.74, 6) is 0. The number of pyridine rings is 1. The predicted octanol–water partition coefficient (Wildman–Crippen LogP) is 1.33. The molecule has 2 aromatic heterocycles. The van der Waals surface area contributed by atoms with Crippen LogP contribution in [-0.2, 0) is 0 Å². The van der Waals surface area contributed by atoms with Gasteiger partial charge < -0.3 is 10.3 Å². The molecule has 0 spiro atoms. The number of aliphatic hydroxyl groups excluding tert-OH is 1. The zero-order valence-electron chi connectivity index (χ0n) is 7.18. The van der Waals surface area contributed by atoms with Crippen molar-refractivity contribution >= 4 is 11.0 Å². The minimum absolute atomic E-state index is 0.610. The van der Waals surface area contributed by atoms with E-state index >= 15 is 0 Å². The summed E-state index contributed by atoms with van der Waals surface area (Å²) in [4.78, 5) is 4.08. The predicted molar refractivity (Wildman–Crippen MR) is 47.6 cm³/mol. The van der Waals surface area contributed by atoms with Gasteiger partial charge in [-0.05, 0) is 19.1 Å². The Balaban J connectivity index is 2.78. The van der Waals surface area contributed by atoms with E-state index in [2.05, 4.69) is 4.98 Å². The Labute approximate surface area is 75.0 Å². The molecule has 0 aliphatic heterocycles. The van der Waals surface area contributed by atoms with Crippen LogP contribution in [0.4, 0.5) is 0 Å². The highest BCUT2D eigenvalue weighted by molar-refractivity contribution is 5.79. The van der Waals surface area contributed by atoms with Gasteiger partial charge in [0.15, 0.2) is 0 Å². The van der Waals surface area contributed by atoms with Gasteiger partial charge in [0, 0.05) is 11.8 Å². The summed E-state index contributed by atoms with van der Waals surface area (Å²) in [6, 6.07) is 3.48. The minimum atomic E-state index is -0.620. The van der Waals surface area contributed by atoms with Crippen molar-refractivity contribution in [2.45, 2.75) is 13.0 Å². The SMILES string of the molecule is CC(O)c1cn(O)c2cccnc12. The number of aliphatic hydroxyl groups is 1. The molecule has 0 aromatic carbocycles. The van der Waals surface area contributed by atoms with Crippen LogP contribution in [0.3, 0.4) is 0 Å². The molecule has 1 unspecified atom stereocenters. The maximum Gasteiger partial charge on any atom is 0.105 e. The molecule has 0 fully saturated rings. The largest absolute Gasteiger partial charge is 0.428 e. The van der Waals surface area contributed by atoms with E-state index in [1.54, 1.807) is 25.3 Å². The van der Waals surface area contributed by atoms with E-state index in [0.717, 1.165) is 4.73 Å². The van der Waals surface area contributed by atoms with E-state index in [4.69, 9.17) is 0 Å². The van der Waals surface area contributed by atoms with E-state index in [1.165, 1.54) is 6.20 Å². The van der Waals surface area contributed by atoms with Gasteiger partial charge in [-0.1, -0.05) is 0 Å². The van der Waals surface area contributed by atoms with Gasteiger partial charge in [0.2, 0.25) is 0 Å². The molecular formula is C9H10N2O2. The molecule has 0 amide bonds. The normalized spacial score (nSPS) is 13.4. The lowest BCUT2D eigenvalue weighted by Gasteiger charge is -1.98. The third-order valence-corrected chi connectivity index (χ3v) is 2.02. The van der Waals surface area contributed by atoms with Crippen molar-refractivity contribution < 1.29 is 10.3 Å². The molecule has 2 aromatic rings. The van der Waals surface area contributed by atoms with Crippen LogP contribution in [0.2, 0.25) is 0 Å². The van der Waals surface area contributed by atoms with Crippen molar-refractivity contribution in [3.8, 4) is 0 Å². The number of aromatic nitrogens is 2. The lowest BCUT2D eigenvalue weighted by Crippen LogP contribution is -1.89. The lowest BCUT2D eigenvalue weighted by molar-refractivity contribution is 0.185. The molecule has 0 aliphatic carbocycles. The first-order valence-electron chi connectivity index (χ1n) is 4.03. The van der Waals surface area contributed by atoms with Crippen molar-refractivity contribution in [1.29, 1.82) is 0 Å². The van der Waals surface area contributed by atoms with Crippen LogP contribution in [0.15, 0.2) is 24.5 Å². The molecule has 68 valence electrons. The lowest BCUT2D eigenvalue weighted by atomic mass is 10.2. The second-order valence-electron chi connectivity index (χ2n) is 2.98. The Morgan fingerprint density at radius 1 is 1.54 bits per heavy atom. The molecular weight excluding hydrogens is 168 g/mol. The quantitative estimate of drug-likeness (QED) is 0.647. The zero-order chi connectivity index (χ0) is 9.42. The molecule has 0 radical (unpaired) electrons. The van der Waals surface area contributed by atoms with Gasteiger partial charge in [0.1, 0.15) is 5.52 Å². The second kappa shape index (κ2) is 2.74. The Morgan fingerprint density at radius 3 is 3.00 bits per heavy atom. The van der Waals surface area contributed by atoms with E-state index < -0.39 is 6.10 Å². The number of nitrogens with zero attached hydrogens (tertiary/aromatic N) is 2. The molecule has 2 rings (SSSR count). The average molecular weight is 178 g/mol. The first kappa shape index (κ1) is 8.07. The summed E-state index contributed by atoms with van der Waals surface area (Å²) in [6.07, 6.45) is 2.49. The van der Waals surface area contributed by atoms with E-state index in [-0.39, 0.29) is 0 Å². The number of fused-ring (bicyclic) bond motifs is 1. The van der Waals surface area contributed by atoms with Gasteiger partial charge in [-0.25, -0.2) is 0 Å². The van der Waals surface area contributed by atoms with Crippen LogP contribution >= 0.6 is 0 Å². The van der Waals surface area contributed by atoms with Crippen molar-refractivity contribution in [1.82, 2.24) is 9.71 Å². The molecule has 2 heterocycles. The van der Waals surface area contributed by atoms with Gasteiger partial charge >= 0.3 is 0 Å². The smallest absolute Gasteiger partial charge is 0.105 e. The standard InChI is InChI=1S/C9H10N2O2/c1-6(12)7-5-11(13)8-3-2-4-10-9(7)8/h2-6,12-13H,1H3. The first-order chi connectivity index (χ1) is 6.20. The maximum atomic E-state index is 9.41. The molecule has 2 N–H and O–H groups in total. The zero-order valence-corrected chi connectivity index (χ0v) is 7.18. The van der Waals surface area contributed by atoms with E-state index in [1.807, 2.05) is 0 Å². The van der Waals surface area contributed by atoms with E-state index in [9.17, 15) is 10.3 Å². The van der Waals surface area contributed by atoms with Gasteiger partial charge in [0.25, 0.3) is 0 Å². The highest BCUT2D eigenvalue weighted by Gasteiger charge is 2.12. The molecule has 13 heavy (non-hydrogen) atoms. The maximum absolute atomic E-state index is 9.41. The third-order valence-electron chi connectivity index (χ3n) is 2.02.